The summed E-state index contributed by atoms with van der Waals surface area (Å²) in [7, 11) is 0. The van der Waals surface area contributed by atoms with E-state index in [2.05, 4.69) is 30.8 Å². The van der Waals surface area contributed by atoms with Crippen LogP contribution < -0.4 is 15.5 Å². The smallest absolute Gasteiger partial charge is 0.227 e. The van der Waals surface area contributed by atoms with E-state index in [1.807, 2.05) is 66.7 Å². The molecule has 8 nitrogen and oxygen atoms in total. The van der Waals surface area contributed by atoms with Gasteiger partial charge < -0.3 is 15.5 Å². The number of nitrogens with zero attached hydrogens (tertiary/aromatic N) is 5. The molecule has 0 unspecified atom stereocenters. The van der Waals surface area contributed by atoms with Gasteiger partial charge in [-0.25, -0.2) is 0 Å². The van der Waals surface area contributed by atoms with E-state index in [0.717, 1.165) is 54.5 Å². The minimum absolute atomic E-state index is 0.00277. The molecule has 1 amide bonds. The molecule has 2 aromatic heterocycles. The van der Waals surface area contributed by atoms with Gasteiger partial charge in [-0.1, -0.05) is 18.2 Å². The number of nitrogens with one attached hydrogen (secondary N) is 2. The summed E-state index contributed by atoms with van der Waals surface area (Å²) < 4.78 is 1.67. The standard InChI is InChI=1S/C23H23N7O/c31-23(26-20-8-6-19(7-9-20)25-18-4-2-1-3-5-18)17-12-14-29(15-13-17)22-11-10-21-27-24-16-30(21)28-22/h1-11,16-17,25H,12-15H2,(H,26,31). The highest BCUT2D eigenvalue weighted by Gasteiger charge is 2.26. The van der Waals surface area contributed by atoms with Gasteiger partial charge in [0, 0.05) is 36.1 Å². The quantitative estimate of drug-likeness (QED) is 0.519. The molecule has 0 bridgehead atoms. The molecular weight excluding hydrogens is 390 g/mol. The van der Waals surface area contributed by atoms with Crippen molar-refractivity contribution in [3.63, 3.8) is 0 Å². The fraction of sp³-hybridized carbons (Fsp3) is 0.217. The van der Waals surface area contributed by atoms with Gasteiger partial charge >= 0.3 is 0 Å². The van der Waals surface area contributed by atoms with Gasteiger partial charge in [0.25, 0.3) is 0 Å². The Kier molecular flexibility index (Phi) is 5.18. The van der Waals surface area contributed by atoms with Gasteiger partial charge in [0.1, 0.15) is 12.1 Å². The second-order valence-electron chi connectivity index (χ2n) is 7.64. The van der Waals surface area contributed by atoms with Crippen molar-refractivity contribution in [1.82, 2.24) is 19.8 Å². The Hall–Kier alpha value is -3.94. The maximum atomic E-state index is 12.7. The number of rotatable bonds is 5. The molecule has 0 saturated carbocycles. The normalized spacial score (nSPS) is 14.5. The van der Waals surface area contributed by atoms with Crippen LogP contribution in [0.4, 0.5) is 22.9 Å². The van der Waals surface area contributed by atoms with Crippen LogP contribution in [0.25, 0.3) is 5.65 Å². The highest BCUT2D eigenvalue weighted by atomic mass is 16.1. The summed E-state index contributed by atoms with van der Waals surface area (Å²) in [5.41, 5.74) is 3.55. The maximum absolute atomic E-state index is 12.7. The Labute approximate surface area is 179 Å². The number of anilines is 4. The number of fused-ring (bicyclic) bond motifs is 1. The summed E-state index contributed by atoms with van der Waals surface area (Å²) in [6.45, 7) is 1.58. The van der Waals surface area contributed by atoms with Gasteiger partial charge in [0.15, 0.2) is 5.65 Å². The van der Waals surface area contributed by atoms with Crippen LogP contribution in [0.15, 0.2) is 73.1 Å². The van der Waals surface area contributed by atoms with Crippen molar-refractivity contribution in [2.24, 2.45) is 5.92 Å². The summed E-state index contributed by atoms with van der Waals surface area (Å²) >= 11 is 0. The highest BCUT2D eigenvalue weighted by Crippen LogP contribution is 2.24. The van der Waals surface area contributed by atoms with Crippen molar-refractivity contribution < 1.29 is 4.79 Å². The summed E-state index contributed by atoms with van der Waals surface area (Å²) in [5, 5.41) is 18.8. The van der Waals surface area contributed by atoms with E-state index >= 15 is 0 Å². The molecule has 4 aromatic rings. The molecule has 0 aliphatic carbocycles. The predicted molar refractivity (Wildman–Crippen MR) is 121 cm³/mol. The van der Waals surface area contributed by atoms with Crippen LogP contribution in [0, 0.1) is 5.92 Å². The Balaban J connectivity index is 1.15. The first kappa shape index (κ1) is 19.0. The van der Waals surface area contributed by atoms with E-state index in [9.17, 15) is 4.79 Å². The first-order valence-electron chi connectivity index (χ1n) is 10.4. The molecule has 0 atom stereocenters. The molecule has 1 aliphatic heterocycles. The second kappa shape index (κ2) is 8.43. The number of aromatic nitrogens is 4. The topological polar surface area (TPSA) is 87.5 Å². The zero-order valence-corrected chi connectivity index (χ0v) is 17.0. The van der Waals surface area contributed by atoms with Crippen LogP contribution >= 0.6 is 0 Å². The number of hydrogen-bond donors (Lipinski definition) is 2. The van der Waals surface area contributed by atoms with E-state index in [0.29, 0.717) is 0 Å². The lowest BCUT2D eigenvalue weighted by atomic mass is 9.96. The van der Waals surface area contributed by atoms with Gasteiger partial charge in [-0.15, -0.1) is 15.3 Å². The van der Waals surface area contributed by atoms with Crippen molar-refractivity contribution >= 4 is 34.4 Å². The van der Waals surface area contributed by atoms with Gasteiger partial charge in [-0.05, 0) is 61.4 Å². The lowest BCUT2D eigenvalue weighted by Crippen LogP contribution is -2.38. The number of benzene rings is 2. The molecular formula is C23H23N7O. The Morgan fingerprint density at radius 3 is 2.35 bits per heavy atom. The van der Waals surface area contributed by atoms with E-state index in [1.54, 1.807) is 10.8 Å². The van der Waals surface area contributed by atoms with Gasteiger partial charge in [-0.2, -0.15) is 4.52 Å². The van der Waals surface area contributed by atoms with Crippen LogP contribution in [0.2, 0.25) is 0 Å². The largest absolute Gasteiger partial charge is 0.356 e. The minimum atomic E-state index is -0.00277. The Morgan fingerprint density at radius 2 is 1.58 bits per heavy atom. The maximum Gasteiger partial charge on any atom is 0.227 e. The average Bonchev–Trinajstić information content (AvgIpc) is 3.29. The summed E-state index contributed by atoms with van der Waals surface area (Å²) in [6.07, 6.45) is 3.18. The number of carbonyl (C=O) groups is 1. The zero-order valence-electron chi connectivity index (χ0n) is 17.0. The monoisotopic (exact) mass is 413 g/mol. The summed E-state index contributed by atoms with van der Waals surface area (Å²) in [5.74, 6) is 0.954. The van der Waals surface area contributed by atoms with Gasteiger partial charge in [0.2, 0.25) is 5.91 Å². The average molecular weight is 413 g/mol. The molecule has 1 saturated heterocycles. The van der Waals surface area contributed by atoms with Crippen LogP contribution in [0.3, 0.4) is 0 Å². The third-order valence-electron chi connectivity index (χ3n) is 5.55. The Morgan fingerprint density at radius 1 is 0.871 bits per heavy atom. The number of para-hydroxylation sites is 1. The van der Waals surface area contributed by atoms with Crippen LogP contribution in [0.1, 0.15) is 12.8 Å². The van der Waals surface area contributed by atoms with Crippen molar-refractivity contribution in [3.05, 3.63) is 73.1 Å². The van der Waals surface area contributed by atoms with E-state index in [-0.39, 0.29) is 11.8 Å². The number of hydrogen-bond acceptors (Lipinski definition) is 6. The molecule has 0 spiro atoms. The summed E-state index contributed by atoms with van der Waals surface area (Å²) in [4.78, 5) is 14.9. The minimum Gasteiger partial charge on any atom is -0.356 e. The zero-order chi connectivity index (χ0) is 21.0. The third kappa shape index (κ3) is 4.32. The molecule has 156 valence electrons. The van der Waals surface area contributed by atoms with Gasteiger partial charge in [-0.3, -0.25) is 4.79 Å². The molecule has 2 N–H and O–H groups in total. The number of carbonyl (C=O) groups excluding carboxylic acids is 1. The number of amides is 1. The lowest BCUT2D eigenvalue weighted by Gasteiger charge is -2.32. The van der Waals surface area contributed by atoms with Crippen molar-refractivity contribution in [2.45, 2.75) is 12.8 Å². The van der Waals surface area contributed by atoms with Crippen molar-refractivity contribution in [3.8, 4) is 0 Å². The first-order valence-corrected chi connectivity index (χ1v) is 10.4. The fourth-order valence-corrected chi connectivity index (χ4v) is 3.83. The van der Waals surface area contributed by atoms with E-state index in [1.165, 1.54) is 0 Å². The van der Waals surface area contributed by atoms with Crippen LogP contribution in [-0.2, 0) is 4.79 Å². The van der Waals surface area contributed by atoms with Crippen LogP contribution in [0.5, 0.6) is 0 Å². The van der Waals surface area contributed by atoms with Crippen LogP contribution in [-0.4, -0.2) is 38.8 Å². The molecule has 1 aliphatic rings. The van der Waals surface area contributed by atoms with E-state index < -0.39 is 0 Å². The summed E-state index contributed by atoms with van der Waals surface area (Å²) in [6, 6.07) is 21.7. The highest BCUT2D eigenvalue weighted by molar-refractivity contribution is 5.93. The molecule has 0 radical (unpaired) electrons. The Bertz CT molecular complexity index is 1170. The second-order valence-corrected chi connectivity index (χ2v) is 7.64. The first-order chi connectivity index (χ1) is 15.2. The fourth-order valence-electron chi connectivity index (χ4n) is 3.83. The van der Waals surface area contributed by atoms with Crippen molar-refractivity contribution in [2.75, 3.05) is 28.6 Å². The molecule has 8 heteroatoms. The van der Waals surface area contributed by atoms with E-state index in [4.69, 9.17) is 0 Å². The predicted octanol–water partition coefficient (Wildman–Crippen LogP) is 3.72. The molecule has 1 fully saturated rings. The molecule has 3 heterocycles. The lowest BCUT2D eigenvalue weighted by molar-refractivity contribution is -0.120. The van der Waals surface area contributed by atoms with Crippen molar-refractivity contribution in [1.29, 1.82) is 0 Å². The SMILES string of the molecule is O=C(Nc1ccc(Nc2ccccc2)cc1)C1CCN(c2ccc3nncn3n2)CC1. The molecule has 5 rings (SSSR count). The molecule has 31 heavy (non-hydrogen) atoms. The molecule has 2 aromatic carbocycles. The van der Waals surface area contributed by atoms with Gasteiger partial charge in [0.05, 0.1) is 0 Å². The number of piperidine rings is 1. The third-order valence-corrected chi connectivity index (χ3v) is 5.55.